The zero-order valence-corrected chi connectivity index (χ0v) is 15.6. The van der Waals surface area contributed by atoms with Gasteiger partial charge in [0, 0.05) is 49.4 Å². The maximum atomic E-state index is 5.45. The molecular weight excluding hydrogens is 312 g/mol. The van der Waals surface area contributed by atoms with Crippen LogP contribution in [0, 0.1) is 0 Å². The number of aromatic amines is 1. The number of rotatable bonds is 6. The molecule has 2 heterocycles. The Morgan fingerprint density at radius 3 is 2.48 bits per heavy atom. The molecule has 0 spiro atoms. The number of morpholine rings is 1. The number of nitrogens with one attached hydrogen (secondary N) is 2. The summed E-state index contributed by atoms with van der Waals surface area (Å²) in [5.74, 6) is 0. The fraction of sp³-hybridized carbons (Fsp3) is 0.550. The van der Waals surface area contributed by atoms with Gasteiger partial charge in [0.15, 0.2) is 0 Å². The summed E-state index contributed by atoms with van der Waals surface area (Å²) < 4.78 is 5.45. The van der Waals surface area contributed by atoms with Crippen molar-refractivity contribution in [2.24, 2.45) is 0 Å². The monoisotopic (exact) mass is 342 g/mol. The van der Waals surface area contributed by atoms with Crippen LogP contribution in [0.5, 0.6) is 0 Å². The van der Waals surface area contributed by atoms with Crippen LogP contribution in [-0.2, 0) is 29.8 Å². The third-order valence-corrected chi connectivity index (χ3v) is 4.71. The molecular formula is C20H30N4O. The summed E-state index contributed by atoms with van der Waals surface area (Å²) in [6.07, 6.45) is 1.94. The molecule has 0 aliphatic carbocycles. The molecule has 0 bridgehead atoms. The lowest BCUT2D eigenvalue weighted by molar-refractivity contribution is 0.0340. The van der Waals surface area contributed by atoms with Gasteiger partial charge in [0.2, 0.25) is 0 Å². The fourth-order valence-electron chi connectivity index (χ4n) is 3.31. The maximum Gasteiger partial charge on any atom is 0.0594 e. The molecule has 136 valence electrons. The van der Waals surface area contributed by atoms with Gasteiger partial charge in [-0.25, -0.2) is 0 Å². The minimum absolute atomic E-state index is 0.0851. The zero-order valence-electron chi connectivity index (χ0n) is 15.6. The summed E-state index contributed by atoms with van der Waals surface area (Å²) in [5, 5.41) is 11.0. The summed E-state index contributed by atoms with van der Waals surface area (Å²) in [6.45, 7) is 13.1. The van der Waals surface area contributed by atoms with E-state index in [1.54, 1.807) is 0 Å². The minimum Gasteiger partial charge on any atom is -0.379 e. The predicted molar refractivity (Wildman–Crippen MR) is 100 cm³/mol. The van der Waals surface area contributed by atoms with Gasteiger partial charge in [-0.2, -0.15) is 5.10 Å². The normalized spacial score (nSPS) is 16.3. The van der Waals surface area contributed by atoms with Crippen LogP contribution in [0.2, 0.25) is 0 Å². The Kier molecular flexibility index (Phi) is 5.89. The predicted octanol–water partition coefficient (Wildman–Crippen LogP) is 2.83. The number of ether oxygens (including phenoxy) is 1. The number of hydrogen-bond acceptors (Lipinski definition) is 4. The molecule has 0 atom stereocenters. The highest BCUT2D eigenvalue weighted by Gasteiger charge is 2.19. The molecule has 25 heavy (non-hydrogen) atoms. The lowest BCUT2D eigenvalue weighted by Crippen LogP contribution is -2.36. The number of hydrogen-bond donors (Lipinski definition) is 2. The SMILES string of the molecule is CC(C)(C)c1[nH]ncc1CNCc1ccccc1CN1CCOCC1. The lowest BCUT2D eigenvalue weighted by Gasteiger charge is -2.27. The number of benzene rings is 1. The first-order valence-electron chi connectivity index (χ1n) is 9.14. The van der Waals surface area contributed by atoms with E-state index in [0.29, 0.717) is 0 Å². The highest BCUT2D eigenvalue weighted by atomic mass is 16.5. The Balaban J connectivity index is 1.59. The first kappa shape index (κ1) is 18.1. The van der Waals surface area contributed by atoms with Crippen molar-refractivity contribution in [2.45, 2.75) is 45.8 Å². The van der Waals surface area contributed by atoms with Crippen LogP contribution in [0.3, 0.4) is 0 Å². The van der Waals surface area contributed by atoms with Gasteiger partial charge in [-0.1, -0.05) is 45.0 Å². The van der Waals surface area contributed by atoms with E-state index in [1.165, 1.54) is 22.4 Å². The average Bonchev–Trinajstić information content (AvgIpc) is 3.06. The smallest absolute Gasteiger partial charge is 0.0594 e. The van der Waals surface area contributed by atoms with E-state index in [-0.39, 0.29) is 5.41 Å². The highest BCUT2D eigenvalue weighted by Crippen LogP contribution is 2.23. The van der Waals surface area contributed by atoms with Gasteiger partial charge in [0.05, 0.1) is 19.4 Å². The van der Waals surface area contributed by atoms with Gasteiger partial charge >= 0.3 is 0 Å². The van der Waals surface area contributed by atoms with Crippen LogP contribution in [0.1, 0.15) is 43.2 Å². The van der Waals surface area contributed by atoms with E-state index in [2.05, 4.69) is 65.5 Å². The molecule has 2 aromatic rings. The standard InChI is InChI=1S/C20H30N4O/c1-20(2,3)19-18(14-22-23-19)13-21-12-16-6-4-5-7-17(16)15-24-8-10-25-11-9-24/h4-7,14,21H,8-13,15H2,1-3H3,(H,22,23). The van der Waals surface area contributed by atoms with Gasteiger partial charge in [-0.05, 0) is 11.1 Å². The van der Waals surface area contributed by atoms with E-state index in [0.717, 1.165) is 45.9 Å². The molecule has 0 unspecified atom stereocenters. The van der Waals surface area contributed by atoms with Crippen molar-refractivity contribution in [3.8, 4) is 0 Å². The maximum absolute atomic E-state index is 5.45. The van der Waals surface area contributed by atoms with Crippen LogP contribution in [0.4, 0.5) is 0 Å². The van der Waals surface area contributed by atoms with Crippen molar-refractivity contribution >= 4 is 0 Å². The van der Waals surface area contributed by atoms with Crippen molar-refractivity contribution in [1.82, 2.24) is 20.4 Å². The van der Waals surface area contributed by atoms with Gasteiger partial charge < -0.3 is 10.1 Å². The molecule has 0 amide bonds. The van der Waals surface area contributed by atoms with Gasteiger partial charge in [-0.3, -0.25) is 10.00 Å². The Morgan fingerprint density at radius 1 is 1.08 bits per heavy atom. The summed E-state index contributed by atoms with van der Waals surface area (Å²) in [7, 11) is 0. The summed E-state index contributed by atoms with van der Waals surface area (Å²) >= 11 is 0. The Labute approximate surface area is 150 Å². The van der Waals surface area contributed by atoms with Crippen molar-refractivity contribution in [3.05, 3.63) is 52.8 Å². The molecule has 1 saturated heterocycles. The lowest BCUT2D eigenvalue weighted by atomic mass is 9.89. The van der Waals surface area contributed by atoms with E-state index in [1.807, 2.05) is 6.20 Å². The summed E-state index contributed by atoms with van der Waals surface area (Å²) in [6, 6.07) is 8.72. The van der Waals surface area contributed by atoms with E-state index >= 15 is 0 Å². The van der Waals surface area contributed by atoms with Crippen LogP contribution >= 0.6 is 0 Å². The molecule has 1 fully saturated rings. The van der Waals surface area contributed by atoms with E-state index in [4.69, 9.17) is 4.74 Å². The number of H-pyrrole nitrogens is 1. The van der Waals surface area contributed by atoms with Crippen LogP contribution in [0.25, 0.3) is 0 Å². The van der Waals surface area contributed by atoms with Crippen molar-refractivity contribution < 1.29 is 4.74 Å². The number of nitrogens with zero attached hydrogens (tertiary/aromatic N) is 2. The van der Waals surface area contributed by atoms with E-state index < -0.39 is 0 Å². The van der Waals surface area contributed by atoms with Crippen molar-refractivity contribution in [2.75, 3.05) is 26.3 Å². The Bertz CT molecular complexity index is 668. The molecule has 5 nitrogen and oxygen atoms in total. The molecule has 1 aliphatic rings. The zero-order chi connectivity index (χ0) is 17.7. The van der Waals surface area contributed by atoms with Crippen LogP contribution in [0.15, 0.2) is 30.5 Å². The fourth-order valence-corrected chi connectivity index (χ4v) is 3.31. The first-order valence-corrected chi connectivity index (χ1v) is 9.14. The number of aromatic nitrogens is 2. The van der Waals surface area contributed by atoms with Gasteiger partial charge in [0.1, 0.15) is 0 Å². The van der Waals surface area contributed by atoms with Crippen LogP contribution < -0.4 is 5.32 Å². The molecule has 2 N–H and O–H groups in total. The quantitative estimate of drug-likeness (QED) is 0.848. The average molecular weight is 342 g/mol. The van der Waals surface area contributed by atoms with Crippen molar-refractivity contribution in [3.63, 3.8) is 0 Å². The molecule has 1 aliphatic heterocycles. The molecule has 0 saturated carbocycles. The van der Waals surface area contributed by atoms with Crippen LogP contribution in [-0.4, -0.2) is 41.4 Å². The molecule has 0 radical (unpaired) electrons. The second-order valence-corrected chi connectivity index (χ2v) is 7.78. The molecule has 1 aromatic carbocycles. The minimum atomic E-state index is 0.0851. The second kappa shape index (κ2) is 8.13. The Hall–Kier alpha value is -1.69. The summed E-state index contributed by atoms with van der Waals surface area (Å²) in [4.78, 5) is 2.47. The second-order valence-electron chi connectivity index (χ2n) is 7.78. The molecule has 1 aromatic heterocycles. The summed E-state index contributed by atoms with van der Waals surface area (Å²) in [5.41, 5.74) is 5.32. The third kappa shape index (κ3) is 4.91. The largest absolute Gasteiger partial charge is 0.379 e. The Morgan fingerprint density at radius 2 is 1.76 bits per heavy atom. The highest BCUT2D eigenvalue weighted by molar-refractivity contribution is 5.28. The third-order valence-electron chi connectivity index (χ3n) is 4.71. The van der Waals surface area contributed by atoms with E-state index in [9.17, 15) is 0 Å². The first-order chi connectivity index (χ1) is 12.0. The topological polar surface area (TPSA) is 53.2 Å². The molecule has 3 rings (SSSR count). The van der Waals surface area contributed by atoms with Gasteiger partial charge in [-0.15, -0.1) is 0 Å². The molecule has 5 heteroatoms. The van der Waals surface area contributed by atoms with Crippen molar-refractivity contribution in [1.29, 1.82) is 0 Å². The van der Waals surface area contributed by atoms with Gasteiger partial charge in [0.25, 0.3) is 0 Å².